The van der Waals surface area contributed by atoms with Crippen LogP contribution >= 0.6 is 0 Å². The standard InChI is InChI=1S/C11H23N3O/c1-2-13(10-6-7-12)11(15)14-8-4-3-5-9-14/h2-10,12H2,1H3. The van der Waals surface area contributed by atoms with E-state index in [4.69, 9.17) is 5.73 Å². The molecule has 0 saturated carbocycles. The fraction of sp³-hybridized carbons (Fsp3) is 0.909. The van der Waals surface area contributed by atoms with Crippen molar-refractivity contribution in [1.29, 1.82) is 0 Å². The Balaban J connectivity index is 2.40. The molecule has 1 heterocycles. The van der Waals surface area contributed by atoms with Crippen molar-refractivity contribution >= 4 is 6.03 Å². The molecule has 0 unspecified atom stereocenters. The van der Waals surface area contributed by atoms with Crippen molar-refractivity contribution in [2.75, 3.05) is 32.7 Å². The Morgan fingerprint density at radius 3 is 2.53 bits per heavy atom. The third kappa shape index (κ3) is 3.70. The quantitative estimate of drug-likeness (QED) is 0.764. The summed E-state index contributed by atoms with van der Waals surface area (Å²) in [7, 11) is 0. The number of likely N-dealkylation sites (tertiary alicyclic amines) is 1. The van der Waals surface area contributed by atoms with E-state index in [-0.39, 0.29) is 6.03 Å². The summed E-state index contributed by atoms with van der Waals surface area (Å²) < 4.78 is 0. The van der Waals surface area contributed by atoms with Gasteiger partial charge in [0.15, 0.2) is 0 Å². The molecule has 1 rings (SSSR count). The van der Waals surface area contributed by atoms with Gasteiger partial charge in [0, 0.05) is 26.2 Å². The van der Waals surface area contributed by atoms with Gasteiger partial charge in [-0.25, -0.2) is 4.79 Å². The van der Waals surface area contributed by atoms with Crippen LogP contribution in [0.2, 0.25) is 0 Å². The largest absolute Gasteiger partial charge is 0.330 e. The summed E-state index contributed by atoms with van der Waals surface area (Å²) in [5, 5.41) is 0. The predicted molar refractivity (Wildman–Crippen MR) is 61.7 cm³/mol. The number of carbonyl (C=O) groups excluding carboxylic acids is 1. The maximum Gasteiger partial charge on any atom is 0.319 e. The summed E-state index contributed by atoms with van der Waals surface area (Å²) in [6.07, 6.45) is 4.46. The second-order valence-corrected chi connectivity index (χ2v) is 4.05. The highest BCUT2D eigenvalue weighted by Gasteiger charge is 2.20. The average Bonchev–Trinajstić information content (AvgIpc) is 2.31. The zero-order valence-electron chi connectivity index (χ0n) is 9.74. The van der Waals surface area contributed by atoms with Gasteiger partial charge in [0.2, 0.25) is 0 Å². The first-order valence-corrected chi connectivity index (χ1v) is 6.03. The normalized spacial score (nSPS) is 16.5. The molecule has 0 aromatic heterocycles. The SMILES string of the molecule is CCN(CCCN)C(=O)N1CCCCC1. The minimum atomic E-state index is 0.200. The maximum atomic E-state index is 12.0. The van der Waals surface area contributed by atoms with Crippen molar-refractivity contribution in [3.05, 3.63) is 0 Å². The van der Waals surface area contributed by atoms with E-state index in [9.17, 15) is 4.79 Å². The number of amides is 2. The summed E-state index contributed by atoms with van der Waals surface area (Å²) in [5.41, 5.74) is 5.46. The van der Waals surface area contributed by atoms with E-state index < -0.39 is 0 Å². The van der Waals surface area contributed by atoms with Gasteiger partial charge in [-0.1, -0.05) is 0 Å². The third-order valence-corrected chi connectivity index (χ3v) is 2.91. The first-order valence-electron chi connectivity index (χ1n) is 6.03. The Morgan fingerprint density at radius 1 is 1.33 bits per heavy atom. The number of piperidine rings is 1. The van der Waals surface area contributed by atoms with Gasteiger partial charge in [0.1, 0.15) is 0 Å². The molecular weight excluding hydrogens is 190 g/mol. The second-order valence-electron chi connectivity index (χ2n) is 4.05. The van der Waals surface area contributed by atoms with Gasteiger partial charge in [-0.05, 0) is 39.2 Å². The summed E-state index contributed by atoms with van der Waals surface area (Å²) in [5.74, 6) is 0. The van der Waals surface area contributed by atoms with Crippen molar-refractivity contribution in [1.82, 2.24) is 9.80 Å². The van der Waals surface area contributed by atoms with E-state index in [0.717, 1.165) is 45.4 Å². The van der Waals surface area contributed by atoms with Crippen LogP contribution in [0.25, 0.3) is 0 Å². The molecule has 0 aromatic carbocycles. The van der Waals surface area contributed by atoms with E-state index in [0.29, 0.717) is 6.54 Å². The molecular formula is C11H23N3O. The molecule has 0 atom stereocenters. The molecule has 1 aliphatic heterocycles. The van der Waals surface area contributed by atoms with Gasteiger partial charge in [-0.3, -0.25) is 0 Å². The predicted octanol–water partition coefficient (Wildman–Crippen LogP) is 1.26. The van der Waals surface area contributed by atoms with Crippen molar-refractivity contribution in [3.63, 3.8) is 0 Å². The van der Waals surface area contributed by atoms with Gasteiger partial charge in [0.05, 0.1) is 0 Å². The zero-order chi connectivity index (χ0) is 11.1. The smallest absolute Gasteiger partial charge is 0.319 e. The Morgan fingerprint density at radius 2 is 2.00 bits per heavy atom. The molecule has 2 N–H and O–H groups in total. The molecule has 1 aliphatic rings. The van der Waals surface area contributed by atoms with Crippen molar-refractivity contribution in [3.8, 4) is 0 Å². The lowest BCUT2D eigenvalue weighted by Gasteiger charge is -2.32. The van der Waals surface area contributed by atoms with Gasteiger partial charge in [0.25, 0.3) is 0 Å². The van der Waals surface area contributed by atoms with E-state index in [1.54, 1.807) is 0 Å². The van der Waals surface area contributed by atoms with Gasteiger partial charge < -0.3 is 15.5 Å². The topological polar surface area (TPSA) is 49.6 Å². The number of urea groups is 1. The van der Waals surface area contributed by atoms with Crippen LogP contribution in [0.4, 0.5) is 4.79 Å². The first kappa shape index (κ1) is 12.3. The van der Waals surface area contributed by atoms with Crippen LogP contribution in [-0.2, 0) is 0 Å². The number of carbonyl (C=O) groups is 1. The molecule has 0 aromatic rings. The molecule has 4 heteroatoms. The molecule has 0 spiro atoms. The Labute approximate surface area is 92.4 Å². The molecule has 15 heavy (non-hydrogen) atoms. The Kier molecular flexibility index (Phi) is 5.47. The van der Waals surface area contributed by atoms with Gasteiger partial charge >= 0.3 is 6.03 Å². The monoisotopic (exact) mass is 213 g/mol. The molecule has 88 valence electrons. The lowest BCUT2D eigenvalue weighted by Crippen LogP contribution is -2.46. The van der Waals surface area contributed by atoms with Crippen LogP contribution < -0.4 is 5.73 Å². The van der Waals surface area contributed by atoms with E-state index in [1.807, 2.05) is 16.7 Å². The second kappa shape index (κ2) is 6.67. The van der Waals surface area contributed by atoms with E-state index in [1.165, 1.54) is 6.42 Å². The van der Waals surface area contributed by atoms with Crippen LogP contribution in [-0.4, -0.2) is 48.6 Å². The van der Waals surface area contributed by atoms with Crippen LogP contribution in [0.15, 0.2) is 0 Å². The number of rotatable bonds is 4. The summed E-state index contributed by atoms with van der Waals surface area (Å²) in [6.45, 7) is 6.12. The zero-order valence-corrected chi connectivity index (χ0v) is 9.74. The van der Waals surface area contributed by atoms with E-state index >= 15 is 0 Å². The third-order valence-electron chi connectivity index (χ3n) is 2.91. The Hall–Kier alpha value is -0.770. The molecule has 1 fully saturated rings. The fourth-order valence-electron chi connectivity index (χ4n) is 1.96. The van der Waals surface area contributed by atoms with Crippen LogP contribution in [0.1, 0.15) is 32.6 Å². The molecule has 4 nitrogen and oxygen atoms in total. The van der Waals surface area contributed by atoms with Crippen LogP contribution in [0.5, 0.6) is 0 Å². The average molecular weight is 213 g/mol. The summed E-state index contributed by atoms with van der Waals surface area (Å²) in [6, 6.07) is 0.200. The molecule has 2 amide bonds. The van der Waals surface area contributed by atoms with Crippen LogP contribution in [0, 0.1) is 0 Å². The Bertz CT molecular complexity index is 190. The van der Waals surface area contributed by atoms with Gasteiger partial charge in [-0.2, -0.15) is 0 Å². The fourth-order valence-corrected chi connectivity index (χ4v) is 1.96. The highest BCUT2D eigenvalue weighted by Crippen LogP contribution is 2.11. The summed E-state index contributed by atoms with van der Waals surface area (Å²) in [4.78, 5) is 15.9. The number of nitrogens with zero attached hydrogens (tertiary/aromatic N) is 2. The first-order chi connectivity index (χ1) is 7.29. The number of hydrogen-bond acceptors (Lipinski definition) is 2. The van der Waals surface area contributed by atoms with Crippen molar-refractivity contribution in [2.24, 2.45) is 5.73 Å². The van der Waals surface area contributed by atoms with Crippen molar-refractivity contribution < 1.29 is 4.79 Å². The van der Waals surface area contributed by atoms with Crippen molar-refractivity contribution in [2.45, 2.75) is 32.6 Å². The van der Waals surface area contributed by atoms with E-state index in [2.05, 4.69) is 0 Å². The molecule has 0 radical (unpaired) electrons. The van der Waals surface area contributed by atoms with Crippen LogP contribution in [0.3, 0.4) is 0 Å². The molecule has 0 bridgehead atoms. The highest BCUT2D eigenvalue weighted by molar-refractivity contribution is 5.74. The number of nitrogens with two attached hydrogens (primary N) is 1. The molecule has 0 aliphatic carbocycles. The molecule has 1 saturated heterocycles. The summed E-state index contributed by atoms with van der Waals surface area (Å²) >= 11 is 0. The lowest BCUT2D eigenvalue weighted by molar-refractivity contribution is 0.145. The number of hydrogen-bond donors (Lipinski definition) is 1. The minimum Gasteiger partial charge on any atom is -0.330 e. The minimum absolute atomic E-state index is 0.200. The van der Waals surface area contributed by atoms with Gasteiger partial charge in [-0.15, -0.1) is 0 Å². The lowest BCUT2D eigenvalue weighted by atomic mass is 10.1. The maximum absolute atomic E-state index is 12.0. The highest BCUT2D eigenvalue weighted by atomic mass is 16.2.